The second-order valence-corrected chi connectivity index (χ2v) is 4.32. The molecule has 0 aliphatic carbocycles. The average molecular weight is 281 g/mol. The molecule has 1 aromatic heterocycles. The van der Waals surface area contributed by atoms with E-state index in [0.29, 0.717) is 0 Å². The molecule has 0 aliphatic rings. The Balaban J connectivity index is 0.000000189. The Hall–Kier alpha value is -2.29. The third kappa shape index (κ3) is 5.69. The highest BCUT2D eigenvalue weighted by molar-refractivity contribution is 5.81. The van der Waals surface area contributed by atoms with Crippen molar-refractivity contribution in [3.05, 3.63) is 66.0 Å². The molecule has 21 heavy (non-hydrogen) atoms. The molecule has 0 saturated heterocycles. The van der Waals surface area contributed by atoms with Crippen LogP contribution in [-0.2, 0) is 0 Å². The number of aromatic nitrogens is 3. The van der Waals surface area contributed by atoms with Gasteiger partial charge in [0.1, 0.15) is 17.5 Å². The molecular weight excluding hydrogens is 258 g/mol. The molecule has 0 fully saturated rings. The highest BCUT2D eigenvalue weighted by Gasteiger charge is 1.91. The molecule has 0 N–H and O–H groups in total. The first-order valence-electron chi connectivity index (χ1n) is 7.25. The maximum Gasteiger partial charge on any atom is 0.129 e. The van der Waals surface area contributed by atoms with Crippen molar-refractivity contribution in [1.82, 2.24) is 15.0 Å². The van der Waals surface area contributed by atoms with Gasteiger partial charge in [0, 0.05) is 0 Å². The number of fused-ring (bicyclic) bond motifs is 1. The maximum absolute atomic E-state index is 4.01. The summed E-state index contributed by atoms with van der Waals surface area (Å²) < 4.78 is 0. The zero-order valence-electron chi connectivity index (χ0n) is 13.5. The van der Waals surface area contributed by atoms with Crippen LogP contribution >= 0.6 is 0 Å². The number of benzene rings is 2. The van der Waals surface area contributed by atoms with E-state index in [2.05, 4.69) is 63.5 Å². The van der Waals surface area contributed by atoms with Crippen LogP contribution < -0.4 is 0 Å². The number of aryl methyl sites for hydroxylation is 3. The van der Waals surface area contributed by atoms with Crippen LogP contribution in [0.15, 0.2) is 48.5 Å². The van der Waals surface area contributed by atoms with Crippen molar-refractivity contribution in [1.29, 1.82) is 0 Å². The molecule has 3 heteroatoms. The summed E-state index contributed by atoms with van der Waals surface area (Å²) in [6.45, 7) is 9.59. The zero-order chi connectivity index (χ0) is 15.7. The fourth-order valence-electron chi connectivity index (χ4n) is 1.91. The molecule has 0 aliphatic heterocycles. The fraction of sp³-hybridized carbons (Fsp3) is 0.278. The van der Waals surface area contributed by atoms with Crippen LogP contribution in [0.3, 0.4) is 0 Å². The van der Waals surface area contributed by atoms with Gasteiger partial charge in [-0.15, -0.1) is 0 Å². The number of rotatable bonds is 0. The Morgan fingerprint density at radius 3 is 1.00 bits per heavy atom. The molecule has 0 spiro atoms. The van der Waals surface area contributed by atoms with Crippen LogP contribution in [0.25, 0.3) is 10.8 Å². The van der Waals surface area contributed by atoms with Gasteiger partial charge in [-0.05, 0) is 31.5 Å². The molecule has 0 radical (unpaired) electrons. The van der Waals surface area contributed by atoms with E-state index >= 15 is 0 Å². The topological polar surface area (TPSA) is 38.7 Å². The molecule has 110 valence electrons. The van der Waals surface area contributed by atoms with Gasteiger partial charge >= 0.3 is 0 Å². The fourth-order valence-corrected chi connectivity index (χ4v) is 1.91. The predicted octanol–water partition coefficient (Wildman–Crippen LogP) is 4.66. The minimum Gasteiger partial charge on any atom is -0.219 e. The number of hydrogen-bond acceptors (Lipinski definition) is 3. The summed E-state index contributed by atoms with van der Waals surface area (Å²) in [6.07, 6.45) is 0. The van der Waals surface area contributed by atoms with Gasteiger partial charge in [-0.3, -0.25) is 0 Å². The van der Waals surface area contributed by atoms with Crippen molar-refractivity contribution < 1.29 is 0 Å². The predicted molar refractivity (Wildman–Crippen MR) is 89.3 cm³/mol. The molecule has 0 bridgehead atoms. The lowest BCUT2D eigenvalue weighted by molar-refractivity contribution is 0.875. The van der Waals surface area contributed by atoms with Gasteiger partial charge in [-0.2, -0.15) is 0 Å². The summed E-state index contributed by atoms with van der Waals surface area (Å²) >= 11 is 0. The van der Waals surface area contributed by atoms with Gasteiger partial charge in [0.25, 0.3) is 0 Å². The first-order valence-corrected chi connectivity index (χ1v) is 7.25. The van der Waals surface area contributed by atoms with E-state index in [9.17, 15) is 0 Å². The van der Waals surface area contributed by atoms with Crippen LogP contribution in [0.2, 0.25) is 0 Å². The Bertz CT molecular complexity index is 562. The summed E-state index contributed by atoms with van der Waals surface area (Å²) in [4.78, 5) is 12.0. The van der Waals surface area contributed by atoms with Gasteiger partial charge in [-0.1, -0.05) is 62.4 Å². The Kier molecular flexibility index (Phi) is 7.02. The van der Waals surface area contributed by atoms with Crippen LogP contribution in [0.4, 0.5) is 0 Å². The Labute approximate surface area is 127 Å². The van der Waals surface area contributed by atoms with Crippen LogP contribution in [-0.4, -0.2) is 15.0 Å². The standard InChI is InChI=1S/C10H8.C6H9N3.C2H6/c1-2-6-10-8-4-3-7-9(10)5-1;1-4-7-5(2)9-6(3)8-4;1-2/h1-8H;1-3H3;1-2H3. The molecule has 2 aromatic carbocycles. The summed E-state index contributed by atoms with van der Waals surface area (Å²) in [7, 11) is 0. The first-order chi connectivity index (χ1) is 10.1. The largest absolute Gasteiger partial charge is 0.219 e. The third-order valence-corrected chi connectivity index (χ3v) is 2.63. The monoisotopic (exact) mass is 281 g/mol. The lowest BCUT2D eigenvalue weighted by Crippen LogP contribution is -1.97. The molecule has 3 aromatic rings. The smallest absolute Gasteiger partial charge is 0.129 e. The number of nitrogens with zero attached hydrogens (tertiary/aromatic N) is 3. The molecule has 3 nitrogen and oxygen atoms in total. The third-order valence-electron chi connectivity index (χ3n) is 2.63. The normalized spacial score (nSPS) is 9.19. The van der Waals surface area contributed by atoms with E-state index in [4.69, 9.17) is 0 Å². The molecule has 0 amide bonds. The highest BCUT2D eigenvalue weighted by atomic mass is 15.0. The van der Waals surface area contributed by atoms with Gasteiger partial charge < -0.3 is 0 Å². The van der Waals surface area contributed by atoms with Crippen molar-refractivity contribution in [3.63, 3.8) is 0 Å². The van der Waals surface area contributed by atoms with Gasteiger partial charge in [0.2, 0.25) is 0 Å². The summed E-state index contributed by atoms with van der Waals surface area (Å²) in [5, 5.41) is 2.62. The summed E-state index contributed by atoms with van der Waals surface area (Å²) in [5.41, 5.74) is 0. The lowest BCUT2D eigenvalue weighted by atomic mass is 10.1. The van der Waals surface area contributed by atoms with Crippen molar-refractivity contribution in [2.75, 3.05) is 0 Å². The zero-order valence-corrected chi connectivity index (χ0v) is 13.5. The first kappa shape index (κ1) is 16.8. The van der Waals surface area contributed by atoms with Gasteiger partial charge in [0.05, 0.1) is 0 Å². The molecule has 0 unspecified atom stereocenters. The van der Waals surface area contributed by atoms with Gasteiger partial charge in [0.15, 0.2) is 0 Å². The summed E-state index contributed by atoms with van der Waals surface area (Å²) in [5.74, 6) is 2.38. The quantitative estimate of drug-likeness (QED) is 0.601. The van der Waals surface area contributed by atoms with E-state index in [0.717, 1.165) is 17.5 Å². The van der Waals surface area contributed by atoms with Crippen molar-refractivity contribution >= 4 is 10.8 Å². The van der Waals surface area contributed by atoms with Crippen molar-refractivity contribution in [3.8, 4) is 0 Å². The van der Waals surface area contributed by atoms with Crippen LogP contribution in [0, 0.1) is 20.8 Å². The highest BCUT2D eigenvalue weighted by Crippen LogP contribution is 2.11. The Morgan fingerprint density at radius 2 is 0.762 bits per heavy atom. The lowest BCUT2D eigenvalue weighted by Gasteiger charge is -1.94. The molecule has 3 rings (SSSR count). The van der Waals surface area contributed by atoms with Crippen LogP contribution in [0.5, 0.6) is 0 Å². The van der Waals surface area contributed by atoms with Gasteiger partial charge in [-0.25, -0.2) is 15.0 Å². The summed E-state index contributed by atoms with van der Waals surface area (Å²) in [6, 6.07) is 16.7. The second-order valence-electron chi connectivity index (χ2n) is 4.32. The second kappa shape index (κ2) is 8.80. The average Bonchev–Trinajstić information content (AvgIpc) is 2.49. The van der Waals surface area contributed by atoms with Crippen LogP contribution in [0.1, 0.15) is 31.3 Å². The van der Waals surface area contributed by atoms with E-state index in [1.165, 1.54) is 10.8 Å². The molecule has 0 atom stereocenters. The minimum absolute atomic E-state index is 0.792. The molecule has 1 heterocycles. The minimum atomic E-state index is 0.792. The van der Waals surface area contributed by atoms with Crippen molar-refractivity contribution in [2.45, 2.75) is 34.6 Å². The van der Waals surface area contributed by atoms with E-state index in [1.807, 2.05) is 34.6 Å². The number of hydrogen-bond donors (Lipinski definition) is 0. The Morgan fingerprint density at radius 1 is 0.524 bits per heavy atom. The SMILES string of the molecule is CC.Cc1nc(C)nc(C)n1.c1ccc2ccccc2c1. The van der Waals surface area contributed by atoms with Crippen molar-refractivity contribution in [2.24, 2.45) is 0 Å². The van der Waals surface area contributed by atoms with E-state index in [-0.39, 0.29) is 0 Å². The van der Waals surface area contributed by atoms with E-state index in [1.54, 1.807) is 0 Å². The molecule has 0 saturated carbocycles. The van der Waals surface area contributed by atoms with E-state index < -0.39 is 0 Å². The maximum atomic E-state index is 4.01. The molecular formula is C18H23N3.